The minimum absolute atomic E-state index is 0.197. The highest BCUT2D eigenvalue weighted by molar-refractivity contribution is 6.31. The van der Waals surface area contributed by atoms with Gasteiger partial charge >= 0.3 is 0 Å². The summed E-state index contributed by atoms with van der Waals surface area (Å²) in [5.41, 5.74) is 2.71. The third-order valence-corrected chi connectivity index (χ3v) is 3.74. The second-order valence-corrected chi connectivity index (χ2v) is 5.56. The molecule has 0 aliphatic heterocycles. The summed E-state index contributed by atoms with van der Waals surface area (Å²) in [7, 11) is 1.76. The van der Waals surface area contributed by atoms with Gasteiger partial charge in [-0.1, -0.05) is 29.3 Å². The highest BCUT2D eigenvalue weighted by Crippen LogP contribution is 2.19. The first-order valence-electron chi connectivity index (χ1n) is 7.32. The van der Waals surface area contributed by atoms with E-state index in [0.717, 1.165) is 17.0 Å². The largest absolute Gasteiger partial charge is 0.492 e. The van der Waals surface area contributed by atoms with Crippen molar-refractivity contribution in [3.63, 3.8) is 0 Å². The molecule has 2 aromatic rings. The fourth-order valence-corrected chi connectivity index (χ4v) is 2.27. The number of aromatic nitrogens is 2. The average molecular weight is 334 g/mol. The number of ether oxygens (including phenoxy) is 1. The standard InChI is InChI=1S/C17H20ClN3O2/c1-12-4-6-14(7-5-12)23-11-10-19-16(22)9-8-15-13(2)20-21(3)17(15)18/h4-9H,10-11H2,1-3H3,(H,19,22)/b9-8+. The van der Waals surface area contributed by atoms with Gasteiger partial charge in [-0.25, -0.2) is 0 Å². The Morgan fingerprint density at radius 1 is 1.35 bits per heavy atom. The molecule has 0 fully saturated rings. The number of benzene rings is 1. The van der Waals surface area contributed by atoms with Crippen molar-refractivity contribution in [3.8, 4) is 5.75 Å². The van der Waals surface area contributed by atoms with E-state index in [2.05, 4.69) is 10.4 Å². The van der Waals surface area contributed by atoms with Gasteiger partial charge in [0.2, 0.25) is 5.91 Å². The van der Waals surface area contributed by atoms with Crippen LogP contribution in [0.25, 0.3) is 6.08 Å². The maximum Gasteiger partial charge on any atom is 0.244 e. The minimum Gasteiger partial charge on any atom is -0.492 e. The third-order valence-electron chi connectivity index (χ3n) is 3.29. The van der Waals surface area contributed by atoms with Gasteiger partial charge < -0.3 is 10.1 Å². The van der Waals surface area contributed by atoms with E-state index >= 15 is 0 Å². The molecule has 2 rings (SSSR count). The molecule has 0 radical (unpaired) electrons. The fourth-order valence-electron chi connectivity index (χ4n) is 2.03. The fraction of sp³-hybridized carbons (Fsp3) is 0.294. The minimum atomic E-state index is -0.197. The Balaban J connectivity index is 1.76. The summed E-state index contributed by atoms with van der Waals surface area (Å²) >= 11 is 6.10. The molecule has 0 saturated heterocycles. The first-order chi connectivity index (χ1) is 11.0. The van der Waals surface area contributed by atoms with Crippen LogP contribution in [0.3, 0.4) is 0 Å². The summed E-state index contributed by atoms with van der Waals surface area (Å²) in [5.74, 6) is 0.593. The van der Waals surface area contributed by atoms with E-state index in [4.69, 9.17) is 16.3 Å². The molecule has 6 heteroatoms. The number of nitrogens with one attached hydrogen (secondary N) is 1. The number of rotatable bonds is 6. The number of hydrogen-bond acceptors (Lipinski definition) is 3. The second kappa shape index (κ2) is 7.83. The number of hydrogen-bond donors (Lipinski definition) is 1. The molecule has 0 bridgehead atoms. The van der Waals surface area contributed by atoms with Crippen LogP contribution in [0.5, 0.6) is 5.75 Å². The zero-order valence-corrected chi connectivity index (χ0v) is 14.2. The molecule has 23 heavy (non-hydrogen) atoms. The van der Waals surface area contributed by atoms with E-state index < -0.39 is 0 Å². The lowest BCUT2D eigenvalue weighted by molar-refractivity contribution is -0.116. The van der Waals surface area contributed by atoms with Crippen LogP contribution in [0.4, 0.5) is 0 Å². The highest BCUT2D eigenvalue weighted by atomic mass is 35.5. The number of halogens is 1. The molecule has 1 aromatic heterocycles. The molecule has 0 unspecified atom stereocenters. The van der Waals surface area contributed by atoms with Crippen LogP contribution in [0.15, 0.2) is 30.3 Å². The van der Waals surface area contributed by atoms with Crippen LogP contribution < -0.4 is 10.1 Å². The summed E-state index contributed by atoms with van der Waals surface area (Å²) in [6.07, 6.45) is 3.11. The maximum atomic E-state index is 11.8. The van der Waals surface area contributed by atoms with Gasteiger partial charge in [0.1, 0.15) is 17.5 Å². The van der Waals surface area contributed by atoms with E-state index in [1.165, 1.54) is 11.6 Å². The zero-order chi connectivity index (χ0) is 16.8. The average Bonchev–Trinajstić information content (AvgIpc) is 2.76. The molecule has 122 valence electrons. The van der Waals surface area contributed by atoms with Crippen molar-refractivity contribution in [2.45, 2.75) is 13.8 Å². The smallest absolute Gasteiger partial charge is 0.244 e. The number of nitrogens with zero attached hydrogens (tertiary/aromatic N) is 2. The molecule has 0 atom stereocenters. The maximum absolute atomic E-state index is 11.8. The lowest BCUT2D eigenvalue weighted by Crippen LogP contribution is -2.26. The van der Waals surface area contributed by atoms with Gasteiger partial charge in [-0.05, 0) is 32.1 Å². The third kappa shape index (κ3) is 4.86. The zero-order valence-electron chi connectivity index (χ0n) is 13.5. The Bertz CT molecular complexity index is 705. The molecule has 1 amide bonds. The van der Waals surface area contributed by atoms with Crippen molar-refractivity contribution < 1.29 is 9.53 Å². The van der Waals surface area contributed by atoms with Crippen molar-refractivity contribution in [3.05, 3.63) is 52.3 Å². The predicted molar refractivity (Wildman–Crippen MR) is 91.7 cm³/mol. The molecule has 0 spiro atoms. The number of aryl methyl sites for hydroxylation is 3. The summed E-state index contributed by atoms with van der Waals surface area (Å²) in [5, 5.41) is 7.45. The Morgan fingerprint density at radius 2 is 2.04 bits per heavy atom. The van der Waals surface area contributed by atoms with Gasteiger partial charge in [-0.3, -0.25) is 9.48 Å². The van der Waals surface area contributed by atoms with Crippen molar-refractivity contribution in [2.24, 2.45) is 7.05 Å². The van der Waals surface area contributed by atoms with Crippen molar-refractivity contribution >= 4 is 23.6 Å². The Kier molecular flexibility index (Phi) is 5.82. The van der Waals surface area contributed by atoms with Crippen molar-refractivity contribution in [1.82, 2.24) is 15.1 Å². The molecule has 0 aliphatic rings. The van der Waals surface area contributed by atoms with Crippen LogP contribution in [-0.2, 0) is 11.8 Å². The van der Waals surface area contributed by atoms with E-state index in [1.54, 1.807) is 17.8 Å². The topological polar surface area (TPSA) is 56.1 Å². The second-order valence-electron chi connectivity index (χ2n) is 5.20. The lowest BCUT2D eigenvalue weighted by atomic mass is 10.2. The summed E-state index contributed by atoms with van der Waals surface area (Å²) < 4.78 is 7.12. The quantitative estimate of drug-likeness (QED) is 0.653. The Labute approximate surface area is 140 Å². The molecule has 5 nitrogen and oxygen atoms in total. The van der Waals surface area contributed by atoms with Gasteiger partial charge in [-0.15, -0.1) is 0 Å². The lowest BCUT2D eigenvalue weighted by Gasteiger charge is -2.06. The molecule has 0 aliphatic carbocycles. The van der Waals surface area contributed by atoms with Crippen LogP contribution >= 0.6 is 11.6 Å². The number of carbonyl (C=O) groups excluding carboxylic acids is 1. The SMILES string of the molecule is Cc1ccc(OCCNC(=O)/C=C/c2c(C)nn(C)c2Cl)cc1. The Hall–Kier alpha value is -2.27. The van der Waals surface area contributed by atoms with Crippen LogP contribution in [0, 0.1) is 13.8 Å². The number of carbonyl (C=O) groups is 1. The van der Waals surface area contributed by atoms with Gasteiger partial charge in [0.25, 0.3) is 0 Å². The molecule has 1 heterocycles. The molecule has 1 N–H and O–H groups in total. The first-order valence-corrected chi connectivity index (χ1v) is 7.69. The highest BCUT2D eigenvalue weighted by Gasteiger charge is 2.08. The van der Waals surface area contributed by atoms with E-state index in [9.17, 15) is 4.79 Å². The molecular weight excluding hydrogens is 314 g/mol. The van der Waals surface area contributed by atoms with Crippen LogP contribution in [-0.4, -0.2) is 28.8 Å². The van der Waals surface area contributed by atoms with Gasteiger partial charge in [0.15, 0.2) is 0 Å². The van der Waals surface area contributed by atoms with E-state index in [0.29, 0.717) is 18.3 Å². The summed E-state index contributed by atoms with van der Waals surface area (Å²) in [6, 6.07) is 7.78. The molecule has 1 aromatic carbocycles. The summed E-state index contributed by atoms with van der Waals surface area (Å²) in [4.78, 5) is 11.8. The summed E-state index contributed by atoms with van der Waals surface area (Å²) in [6.45, 7) is 4.71. The molecule has 0 saturated carbocycles. The van der Waals surface area contributed by atoms with E-state index in [1.807, 2.05) is 38.1 Å². The Morgan fingerprint density at radius 3 is 2.65 bits per heavy atom. The predicted octanol–water partition coefficient (Wildman–Crippen LogP) is 2.90. The van der Waals surface area contributed by atoms with Crippen molar-refractivity contribution in [2.75, 3.05) is 13.2 Å². The number of amides is 1. The van der Waals surface area contributed by atoms with Gasteiger partial charge in [-0.2, -0.15) is 5.10 Å². The molecular formula is C17H20ClN3O2. The van der Waals surface area contributed by atoms with Gasteiger partial charge in [0, 0.05) is 18.7 Å². The normalized spacial score (nSPS) is 11.0. The van der Waals surface area contributed by atoms with Crippen molar-refractivity contribution in [1.29, 1.82) is 0 Å². The van der Waals surface area contributed by atoms with Crippen LogP contribution in [0.1, 0.15) is 16.8 Å². The van der Waals surface area contributed by atoms with Crippen LogP contribution in [0.2, 0.25) is 5.15 Å². The monoisotopic (exact) mass is 333 g/mol. The van der Waals surface area contributed by atoms with Gasteiger partial charge in [0.05, 0.1) is 12.2 Å². The first kappa shape index (κ1) is 17.1. The van der Waals surface area contributed by atoms with E-state index in [-0.39, 0.29) is 5.91 Å².